The Morgan fingerprint density at radius 3 is 2.28 bits per heavy atom. The molecule has 0 saturated carbocycles. The van der Waals surface area contributed by atoms with Crippen LogP contribution in [-0.4, -0.2) is 34.7 Å². The van der Waals surface area contributed by atoms with Crippen LogP contribution in [0.2, 0.25) is 0 Å². The van der Waals surface area contributed by atoms with E-state index in [1.807, 2.05) is 30.3 Å². The van der Waals surface area contributed by atoms with Crippen molar-refractivity contribution in [1.29, 1.82) is 0 Å². The summed E-state index contributed by atoms with van der Waals surface area (Å²) in [6, 6.07) is 17.2. The van der Waals surface area contributed by atoms with Crippen LogP contribution in [0, 0.1) is 0 Å². The third-order valence-electron chi connectivity index (χ3n) is 5.98. The highest BCUT2D eigenvalue weighted by atomic mass is 16.3. The lowest BCUT2D eigenvalue weighted by molar-refractivity contribution is -0.141. The van der Waals surface area contributed by atoms with Crippen LogP contribution < -0.4 is 16.0 Å². The molecule has 0 bridgehead atoms. The number of urea groups is 1. The maximum atomic E-state index is 13.7. The molecule has 0 radical (unpaired) electrons. The summed E-state index contributed by atoms with van der Waals surface area (Å²) in [4.78, 5) is 52.2. The first-order valence-corrected chi connectivity index (χ1v) is 11.7. The highest BCUT2D eigenvalue weighted by molar-refractivity contribution is 6.06. The quantitative estimate of drug-likeness (QED) is 0.397. The summed E-state index contributed by atoms with van der Waals surface area (Å²) in [6.07, 6.45) is 1.18. The molecule has 9 nitrogen and oxygen atoms in total. The monoisotopic (exact) mass is 488 g/mol. The molecule has 3 aromatic rings. The molecule has 5 amide bonds. The van der Waals surface area contributed by atoms with Crippen LogP contribution in [0.25, 0.3) is 0 Å². The summed E-state index contributed by atoms with van der Waals surface area (Å²) in [7, 11) is 0. The fourth-order valence-corrected chi connectivity index (χ4v) is 4.06. The minimum Gasteiger partial charge on any atom is -0.467 e. The Labute approximate surface area is 208 Å². The van der Waals surface area contributed by atoms with E-state index in [0.29, 0.717) is 22.9 Å². The van der Waals surface area contributed by atoms with Crippen LogP contribution in [0.4, 0.5) is 10.5 Å². The topological polar surface area (TPSA) is 121 Å². The maximum Gasteiger partial charge on any atom is 0.322 e. The van der Waals surface area contributed by atoms with Crippen LogP contribution >= 0.6 is 0 Å². The first-order valence-electron chi connectivity index (χ1n) is 11.7. The fraction of sp³-hybridized carbons (Fsp3) is 0.259. The number of anilines is 1. The third-order valence-corrected chi connectivity index (χ3v) is 5.98. The number of nitrogens with one attached hydrogen (secondary N) is 3. The number of benzene rings is 2. The summed E-state index contributed by atoms with van der Waals surface area (Å²) in [5.74, 6) is -0.678. The lowest BCUT2D eigenvalue weighted by atomic mass is 10.0. The zero-order chi connectivity index (χ0) is 25.7. The summed E-state index contributed by atoms with van der Waals surface area (Å²) in [5.41, 5.74) is 2.32. The van der Waals surface area contributed by atoms with Crippen molar-refractivity contribution >= 4 is 29.4 Å². The Balaban J connectivity index is 1.65. The van der Waals surface area contributed by atoms with E-state index < -0.39 is 35.8 Å². The zero-order valence-electron chi connectivity index (χ0n) is 20.1. The number of hydrogen-bond donors (Lipinski definition) is 3. The van der Waals surface area contributed by atoms with Crippen molar-refractivity contribution in [2.45, 2.75) is 44.8 Å². The van der Waals surface area contributed by atoms with Crippen molar-refractivity contribution < 1.29 is 23.6 Å². The molecular formula is C27H28N4O5. The Bertz CT molecular complexity index is 1220. The van der Waals surface area contributed by atoms with Gasteiger partial charge in [-0.3, -0.25) is 19.7 Å². The van der Waals surface area contributed by atoms with Gasteiger partial charge in [0.05, 0.1) is 19.2 Å². The van der Waals surface area contributed by atoms with Crippen molar-refractivity contribution in [3.8, 4) is 0 Å². The number of imide groups is 1. The van der Waals surface area contributed by atoms with E-state index in [4.69, 9.17) is 4.42 Å². The molecule has 36 heavy (non-hydrogen) atoms. The van der Waals surface area contributed by atoms with Crippen molar-refractivity contribution in [2.75, 3.05) is 5.32 Å². The predicted molar refractivity (Wildman–Crippen MR) is 133 cm³/mol. The maximum absolute atomic E-state index is 13.7. The molecule has 0 aliphatic carbocycles. The standard InChI is InChI=1S/C27H28N4O5/c1-17(2)18-10-12-20(13-11-18)28-26(34)24(19-7-4-3-5-8-19)31(16-21-9-6-14-36-21)23(32)15-22-25(33)30-27(35)29-22/h3-14,17,22,24H,15-16H2,1-2H3,(H,28,34)(H2,29,30,33,35)/t22-,24+/m1/s1. The van der Waals surface area contributed by atoms with Gasteiger partial charge in [-0.05, 0) is 41.3 Å². The molecule has 1 aliphatic heterocycles. The molecule has 4 rings (SSSR count). The molecule has 2 atom stereocenters. The SMILES string of the molecule is CC(C)c1ccc(NC(=O)[C@H](c2ccccc2)N(Cc2ccco2)C(=O)C[C@H]2NC(=O)NC2=O)cc1. The number of carbonyl (C=O) groups is 4. The molecular weight excluding hydrogens is 460 g/mol. The van der Waals surface area contributed by atoms with Gasteiger partial charge in [-0.1, -0.05) is 56.3 Å². The normalized spacial score (nSPS) is 15.8. The number of amides is 5. The minimum absolute atomic E-state index is 0.00656. The predicted octanol–water partition coefficient (Wildman–Crippen LogP) is 3.71. The van der Waals surface area contributed by atoms with E-state index in [0.717, 1.165) is 5.56 Å². The summed E-state index contributed by atoms with van der Waals surface area (Å²) in [6.45, 7) is 4.17. The van der Waals surface area contributed by atoms with Crippen LogP contribution in [0.5, 0.6) is 0 Å². The highest BCUT2D eigenvalue weighted by Gasteiger charge is 2.37. The van der Waals surface area contributed by atoms with E-state index in [1.54, 1.807) is 36.4 Å². The van der Waals surface area contributed by atoms with Crippen molar-refractivity contribution in [3.05, 3.63) is 89.9 Å². The molecule has 1 fully saturated rings. The summed E-state index contributed by atoms with van der Waals surface area (Å²) >= 11 is 0. The van der Waals surface area contributed by atoms with Crippen LogP contribution in [0.3, 0.4) is 0 Å². The lowest BCUT2D eigenvalue weighted by Gasteiger charge is -2.31. The van der Waals surface area contributed by atoms with Gasteiger partial charge in [-0.2, -0.15) is 0 Å². The largest absolute Gasteiger partial charge is 0.467 e. The van der Waals surface area contributed by atoms with Crippen LogP contribution in [-0.2, 0) is 20.9 Å². The third kappa shape index (κ3) is 5.80. The molecule has 1 saturated heterocycles. The van der Waals surface area contributed by atoms with Gasteiger partial charge in [0, 0.05) is 5.69 Å². The van der Waals surface area contributed by atoms with E-state index in [1.165, 1.54) is 11.2 Å². The second kappa shape index (κ2) is 10.9. The number of rotatable bonds is 9. The Morgan fingerprint density at radius 2 is 1.69 bits per heavy atom. The van der Waals surface area contributed by atoms with Crippen molar-refractivity contribution in [1.82, 2.24) is 15.5 Å². The molecule has 1 aliphatic rings. The minimum atomic E-state index is -1.02. The van der Waals surface area contributed by atoms with E-state index in [-0.39, 0.29) is 13.0 Å². The molecule has 2 heterocycles. The first-order chi connectivity index (χ1) is 17.3. The summed E-state index contributed by atoms with van der Waals surface area (Å²) in [5, 5.41) is 7.49. The Morgan fingerprint density at radius 1 is 0.972 bits per heavy atom. The second-order valence-corrected chi connectivity index (χ2v) is 8.90. The molecule has 1 aromatic heterocycles. The van der Waals surface area contributed by atoms with Crippen molar-refractivity contribution in [2.24, 2.45) is 0 Å². The Hall–Kier alpha value is -4.40. The van der Waals surface area contributed by atoms with Gasteiger partial charge >= 0.3 is 6.03 Å². The molecule has 9 heteroatoms. The second-order valence-electron chi connectivity index (χ2n) is 8.90. The van der Waals surface area contributed by atoms with Gasteiger partial charge in [0.25, 0.3) is 11.8 Å². The van der Waals surface area contributed by atoms with E-state index in [2.05, 4.69) is 29.8 Å². The molecule has 186 valence electrons. The van der Waals surface area contributed by atoms with Gasteiger partial charge in [-0.25, -0.2) is 4.79 Å². The number of carbonyl (C=O) groups excluding carboxylic acids is 4. The first kappa shape index (κ1) is 24.7. The number of hydrogen-bond acceptors (Lipinski definition) is 5. The fourth-order valence-electron chi connectivity index (χ4n) is 4.06. The molecule has 0 spiro atoms. The van der Waals surface area contributed by atoms with Gasteiger partial charge in [0.1, 0.15) is 17.8 Å². The lowest BCUT2D eigenvalue weighted by Crippen LogP contribution is -2.44. The highest BCUT2D eigenvalue weighted by Crippen LogP contribution is 2.27. The molecule has 3 N–H and O–H groups in total. The van der Waals surface area contributed by atoms with E-state index in [9.17, 15) is 19.2 Å². The van der Waals surface area contributed by atoms with Crippen LogP contribution in [0.15, 0.2) is 77.4 Å². The van der Waals surface area contributed by atoms with Crippen LogP contribution in [0.1, 0.15) is 49.1 Å². The zero-order valence-corrected chi connectivity index (χ0v) is 20.1. The average Bonchev–Trinajstić information content (AvgIpc) is 3.48. The van der Waals surface area contributed by atoms with Crippen molar-refractivity contribution in [3.63, 3.8) is 0 Å². The number of nitrogens with zero attached hydrogens (tertiary/aromatic N) is 1. The average molecular weight is 489 g/mol. The van der Waals surface area contributed by atoms with Gasteiger partial charge in [0.15, 0.2) is 0 Å². The van der Waals surface area contributed by atoms with Gasteiger partial charge in [-0.15, -0.1) is 0 Å². The van der Waals surface area contributed by atoms with E-state index >= 15 is 0 Å². The summed E-state index contributed by atoms with van der Waals surface area (Å²) < 4.78 is 5.47. The molecule has 2 aromatic carbocycles. The van der Waals surface area contributed by atoms with Gasteiger partial charge in [0.2, 0.25) is 5.91 Å². The smallest absolute Gasteiger partial charge is 0.322 e. The molecule has 0 unspecified atom stereocenters. The number of furan rings is 1. The van der Waals surface area contributed by atoms with Gasteiger partial charge < -0.3 is 20.0 Å². The Kier molecular flexibility index (Phi) is 7.48.